The van der Waals surface area contributed by atoms with E-state index in [4.69, 9.17) is 0 Å². The molecule has 2 heteroatoms. The molecule has 110 valence electrons. The second-order valence-electron chi connectivity index (χ2n) is 6.58. The molecular weight excluding hydrogens is 274 g/mol. The molecule has 1 fully saturated rings. The summed E-state index contributed by atoms with van der Waals surface area (Å²) in [6.07, 6.45) is 6.57. The number of hydrogen-bond acceptors (Lipinski definition) is 2. The molecule has 0 saturated heterocycles. The maximum absolute atomic E-state index is 3.90. The molecule has 0 aliphatic heterocycles. The number of nitrogens with one attached hydrogen (secondary N) is 1. The highest BCUT2D eigenvalue weighted by Crippen LogP contribution is 2.39. The molecule has 1 aromatic heterocycles. The third kappa shape index (κ3) is 2.79. The van der Waals surface area contributed by atoms with Crippen molar-refractivity contribution in [1.82, 2.24) is 5.32 Å². The van der Waals surface area contributed by atoms with Crippen molar-refractivity contribution >= 4 is 11.3 Å². The Hall–Kier alpha value is -1.12. The fraction of sp³-hybridized carbons (Fsp3) is 0.474. The predicted octanol–water partition coefficient (Wildman–Crippen LogP) is 4.07. The summed E-state index contributed by atoms with van der Waals surface area (Å²) in [5.41, 5.74) is 3.21. The van der Waals surface area contributed by atoms with E-state index in [9.17, 15) is 0 Å². The molecule has 0 amide bonds. The smallest absolute Gasteiger partial charge is 0.0130 e. The largest absolute Gasteiger partial charge is 0.313 e. The van der Waals surface area contributed by atoms with E-state index in [0.29, 0.717) is 0 Å². The molecule has 2 atom stereocenters. The third-order valence-electron chi connectivity index (χ3n) is 5.34. The first-order chi connectivity index (χ1) is 10.4. The summed E-state index contributed by atoms with van der Waals surface area (Å²) in [5, 5.41) is 6.09. The molecule has 1 heterocycles. The van der Waals surface area contributed by atoms with Crippen molar-refractivity contribution in [3.8, 4) is 0 Å². The van der Waals surface area contributed by atoms with Gasteiger partial charge in [0.2, 0.25) is 0 Å². The lowest BCUT2D eigenvalue weighted by atomic mass is 9.94. The van der Waals surface area contributed by atoms with Crippen LogP contribution in [0.1, 0.15) is 28.8 Å². The van der Waals surface area contributed by atoms with E-state index >= 15 is 0 Å². The van der Waals surface area contributed by atoms with Crippen LogP contribution >= 0.6 is 11.3 Å². The zero-order chi connectivity index (χ0) is 14.1. The minimum Gasteiger partial charge on any atom is -0.313 e. The van der Waals surface area contributed by atoms with Gasteiger partial charge in [-0.05, 0) is 66.5 Å². The zero-order valence-corrected chi connectivity index (χ0v) is 13.2. The van der Waals surface area contributed by atoms with Crippen LogP contribution in [0.2, 0.25) is 0 Å². The first kappa shape index (κ1) is 13.5. The lowest BCUT2D eigenvalue weighted by Crippen LogP contribution is -2.39. The van der Waals surface area contributed by atoms with Gasteiger partial charge in [0.15, 0.2) is 0 Å². The van der Waals surface area contributed by atoms with Gasteiger partial charge in [-0.1, -0.05) is 30.3 Å². The highest BCUT2D eigenvalue weighted by molar-refractivity contribution is 7.09. The van der Waals surface area contributed by atoms with Crippen molar-refractivity contribution in [2.24, 2.45) is 11.8 Å². The molecule has 2 unspecified atom stereocenters. The summed E-state index contributed by atoms with van der Waals surface area (Å²) < 4.78 is 0. The second kappa shape index (κ2) is 5.94. The average molecular weight is 297 g/mol. The maximum Gasteiger partial charge on any atom is 0.0130 e. The van der Waals surface area contributed by atoms with Crippen LogP contribution in [0.5, 0.6) is 0 Å². The molecule has 2 bridgehead atoms. The molecule has 2 aromatic rings. The quantitative estimate of drug-likeness (QED) is 0.897. The summed E-state index contributed by atoms with van der Waals surface area (Å²) in [6, 6.07) is 14.2. The predicted molar refractivity (Wildman–Crippen MR) is 89.9 cm³/mol. The number of benzene rings is 1. The van der Waals surface area contributed by atoms with E-state index in [-0.39, 0.29) is 0 Å². The van der Waals surface area contributed by atoms with E-state index in [2.05, 4.69) is 47.1 Å². The van der Waals surface area contributed by atoms with Gasteiger partial charge in [-0.3, -0.25) is 0 Å². The first-order valence-corrected chi connectivity index (χ1v) is 9.10. The van der Waals surface area contributed by atoms with Crippen molar-refractivity contribution in [3.05, 3.63) is 57.8 Å². The standard InChI is InChI=1S/C19H23NS/c1-2-5-15-13-17-8-7-16(12-14(15)4-1)19(17)20-10-9-18-6-3-11-21-18/h1-6,11,16-17,19-20H,7-10,12-13H2. The molecule has 0 radical (unpaired) electrons. The highest BCUT2D eigenvalue weighted by Gasteiger charge is 2.38. The van der Waals surface area contributed by atoms with Crippen LogP contribution in [0.3, 0.4) is 0 Å². The van der Waals surface area contributed by atoms with Crippen LogP contribution in [0.25, 0.3) is 0 Å². The highest BCUT2D eigenvalue weighted by atomic mass is 32.1. The molecule has 2 aliphatic carbocycles. The molecule has 0 spiro atoms. The molecule has 1 saturated carbocycles. The van der Waals surface area contributed by atoms with E-state index in [1.807, 2.05) is 11.3 Å². The summed E-state index contributed by atoms with van der Waals surface area (Å²) in [6.45, 7) is 1.13. The lowest BCUT2D eigenvalue weighted by molar-refractivity contribution is 0.345. The summed E-state index contributed by atoms with van der Waals surface area (Å²) in [7, 11) is 0. The van der Waals surface area contributed by atoms with Crippen molar-refractivity contribution < 1.29 is 0 Å². The van der Waals surface area contributed by atoms with Crippen LogP contribution in [0.15, 0.2) is 41.8 Å². The Bertz CT molecular complexity index is 556. The normalized spacial score (nSPS) is 27.3. The number of fused-ring (bicyclic) bond motifs is 3. The minimum atomic E-state index is 0.734. The lowest BCUT2D eigenvalue weighted by Gasteiger charge is -2.23. The van der Waals surface area contributed by atoms with Crippen molar-refractivity contribution in [2.45, 2.75) is 38.1 Å². The van der Waals surface area contributed by atoms with E-state index in [1.165, 1.54) is 37.0 Å². The molecule has 4 rings (SSSR count). The molecule has 1 nitrogen and oxygen atoms in total. The van der Waals surface area contributed by atoms with Crippen molar-refractivity contribution in [2.75, 3.05) is 6.54 Å². The van der Waals surface area contributed by atoms with Crippen LogP contribution in [-0.4, -0.2) is 12.6 Å². The molecule has 2 aliphatic rings. The third-order valence-corrected chi connectivity index (χ3v) is 6.27. The van der Waals surface area contributed by atoms with Gasteiger partial charge in [-0.15, -0.1) is 11.3 Å². The Kier molecular flexibility index (Phi) is 3.83. The topological polar surface area (TPSA) is 12.0 Å². The minimum absolute atomic E-state index is 0.734. The van der Waals surface area contributed by atoms with Crippen LogP contribution in [0.4, 0.5) is 0 Å². The monoisotopic (exact) mass is 297 g/mol. The SMILES string of the molecule is c1csc(CCNC2C3CCC2Cc2ccccc2C3)c1. The molecule has 1 aromatic carbocycles. The van der Waals surface area contributed by atoms with E-state index in [0.717, 1.165) is 24.4 Å². The van der Waals surface area contributed by atoms with Crippen LogP contribution in [-0.2, 0) is 19.3 Å². The number of hydrogen-bond donors (Lipinski definition) is 1. The van der Waals surface area contributed by atoms with Gasteiger partial charge in [0.1, 0.15) is 0 Å². The fourth-order valence-electron chi connectivity index (χ4n) is 4.30. The summed E-state index contributed by atoms with van der Waals surface area (Å²) in [5.74, 6) is 1.70. The zero-order valence-electron chi connectivity index (χ0n) is 12.4. The van der Waals surface area contributed by atoms with Gasteiger partial charge < -0.3 is 5.32 Å². The van der Waals surface area contributed by atoms with Crippen LogP contribution < -0.4 is 5.32 Å². The average Bonchev–Trinajstić information content (AvgIpc) is 3.08. The van der Waals surface area contributed by atoms with Gasteiger partial charge in [-0.25, -0.2) is 0 Å². The number of rotatable bonds is 4. The molecular formula is C19H23NS. The van der Waals surface area contributed by atoms with Crippen LogP contribution in [0, 0.1) is 11.8 Å². The van der Waals surface area contributed by atoms with Gasteiger partial charge >= 0.3 is 0 Å². The Morgan fingerprint density at radius 2 is 1.67 bits per heavy atom. The van der Waals surface area contributed by atoms with Gasteiger partial charge in [0, 0.05) is 17.5 Å². The first-order valence-electron chi connectivity index (χ1n) is 8.23. The Balaban J connectivity index is 1.43. The van der Waals surface area contributed by atoms with E-state index in [1.54, 1.807) is 11.1 Å². The molecule has 1 N–H and O–H groups in total. The van der Waals surface area contributed by atoms with Gasteiger partial charge in [0.05, 0.1) is 0 Å². The van der Waals surface area contributed by atoms with E-state index < -0.39 is 0 Å². The maximum atomic E-state index is 3.90. The van der Waals surface area contributed by atoms with Crippen molar-refractivity contribution in [3.63, 3.8) is 0 Å². The Labute approximate surface area is 131 Å². The fourth-order valence-corrected chi connectivity index (χ4v) is 5.01. The second-order valence-corrected chi connectivity index (χ2v) is 7.62. The summed E-state index contributed by atoms with van der Waals surface area (Å²) in [4.78, 5) is 1.51. The summed E-state index contributed by atoms with van der Waals surface area (Å²) >= 11 is 1.88. The molecule has 21 heavy (non-hydrogen) atoms. The van der Waals surface area contributed by atoms with Gasteiger partial charge in [0.25, 0.3) is 0 Å². The van der Waals surface area contributed by atoms with Gasteiger partial charge in [-0.2, -0.15) is 0 Å². The Morgan fingerprint density at radius 1 is 0.952 bits per heavy atom. The Morgan fingerprint density at radius 3 is 2.29 bits per heavy atom. The number of thiophene rings is 1. The van der Waals surface area contributed by atoms with Crippen molar-refractivity contribution in [1.29, 1.82) is 0 Å².